The Kier molecular flexibility index (Phi) is 2.42. The molecular formula is C13H14N2. The maximum Gasteiger partial charge on any atom is 0.0923 e. The van der Waals surface area contributed by atoms with Crippen molar-refractivity contribution < 1.29 is 0 Å². The maximum absolute atomic E-state index is 4.35. The highest BCUT2D eigenvalue weighted by Crippen LogP contribution is 2.19. The van der Waals surface area contributed by atoms with E-state index in [2.05, 4.69) is 35.9 Å². The van der Waals surface area contributed by atoms with Gasteiger partial charge in [-0.25, -0.2) is 0 Å². The van der Waals surface area contributed by atoms with Crippen molar-refractivity contribution >= 4 is 5.57 Å². The minimum absolute atomic E-state index is 1.01. The van der Waals surface area contributed by atoms with Crippen LogP contribution in [0.15, 0.2) is 43.1 Å². The van der Waals surface area contributed by atoms with Crippen molar-refractivity contribution in [3.05, 3.63) is 48.7 Å². The first-order chi connectivity index (χ1) is 7.16. The number of benzene rings is 1. The Morgan fingerprint density at radius 2 is 1.87 bits per heavy atom. The third kappa shape index (κ3) is 1.99. The van der Waals surface area contributed by atoms with Gasteiger partial charge in [-0.3, -0.25) is 4.68 Å². The van der Waals surface area contributed by atoms with Crippen LogP contribution in [0, 0.1) is 0 Å². The number of allylic oxidation sites excluding steroid dienone is 1. The zero-order valence-electron chi connectivity index (χ0n) is 9.07. The Morgan fingerprint density at radius 1 is 1.20 bits per heavy atom. The molecule has 76 valence electrons. The number of rotatable bonds is 2. The van der Waals surface area contributed by atoms with Gasteiger partial charge in [-0.05, 0) is 18.6 Å². The van der Waals surface area contributed by atoms with E-state index in [4.69, 9.17) is 0 Å². The van der Waals surface area contributed by atoms with Gasteiger partial charge in [-0.1, -0.05) is 36.4 Å². The van der Waals surface area contributed by atoms with E-state index in [9.17, 15) is 0 Å². The van der Waals surface area contributed by atoms with Crippen LogP contribution in [0.1, 0.15) is 12.5 Å². The van der Waals surface area contributed by atoms with Gasteiger partial charge in [0.2, 0.25) is 0 Å². The van der Waals surface area contributed by atoms with Gasteiger partial charge in [0.15, 0.2) is 0 Å². The van der Waals surface area contributed by atoms with E-state index in [0.717, 1.165) is 16.8 Å². The molecule has 0 N–H and O–H groups in total. The Bertz CT molecular complexity index is 477. The Balaban J connectivity index is 2.35. The number of nitrogens with zero attached hydrogens (tertiary/aromatic N) is 2. The average molecular weight is 198 g/mol. The van der Waals surface area contributed by atoms with Crippen LogP contribution < -0.4 is 0 Å². The topological polar surface area (TPSA) is 17.8 Å². The lowest BCUT2D eigenvalue weighted by atomic mass is 10.1. The molecule has 0 saturated heterocycles. The van der Waals surface area contributed by atoms with Crippen molar-refractivity contribution in [2.45, 2.75) is 6.92 Å². The molecule has 1 aromatic carbocycles. The first kappa shape index (κ1) is 9.71. The summed E-state index contributed by atoms with van der Waals surface area (Å²) >= 11 is 0. The second kappa shape index (κ2) is 3.73. The van der Waals surface area contributed by atoms with Gasteiger partial charge in [-0.15, -0.1) is 0 Å². The van der Waals surface area contributed by atoms with Crippen LogP contribution in [0.3, 0.4) is 0 Å². The van der Waals surface area contributed by atoms with Crippen LogP contribution in [0.4, 0.5) is 0 Å². The molecule has 0 aliphatic rings. The highest BCUT2D eigenvalue weighted by Gasteiger charge is 2.00. The summed E-state index contributed by atoms with van der Waals surface area (Å²) in [6.07, 6.45) is 1.95. The summed E-state index contributed by atoms with van der Waals surface area (Å²) in [6.45, 7) is 5.92. The summed E-state index contributed by atoms with van der Waals surface area (Å²) in [5.74, 6) is 0. The van der Waals surface area contributed by atoms with E-state index < -0.39 is 0 Å². The zero-order chi connectivity index (χ0) is 10.8. The van der Waals surface area contributed by atoms with Gasteiger partial charge in [0, 0.05) is 18.8 Å². The molecular weight excluding hydrogens is 184 g/mol. The van der Waals surface area contributed by atoms with Crippen LogP contribution >= 0.6 is 0 Å². The molecule has 0 saturated carbocycles. The fourth-order valence-electron chi connectivity index (χ4n) is 1.49. The summed E-state index contributed by atoms with van der Waals surface area (Å²) in [4.78, 5) is 0. The highest BCUT2D eigenvalue weighted by molar-refractivity contribution is 5.66. The lowest BCUT2D eigenvalue weighted by Crippen LogP contribution is -1.88. The number of hydrogen-bond donors (Lipinski definition) is 0. The van der Waals surface area contributed by atoms with Gasteiger partial charge in [0.05, 0.1) is 5.69 Å². The van der Waals surface area contributed by atoms with Crippen LogP contribution in [0.25, 0.3) is 16.8 Å². The Labute approximate surface area is 89.9 Å². The van der Waals surface area contributed by atoms with Crippen LogP contribution in [-0.4, -0.2) is 9.78 Å². The molecule has 2 nitrogen and oxygen atoms in total. The molecule has 2 aromatic rings. The largest absolute Gasteiger partial charge is 0.275 e. The summed E-state index contributed by atoms with van der Waals surface area (Å²) in [6, 6.07) is 10.3. The van der Waals surface area contributed by atoms with Gasteiger partial charge >= 0.3 is 0 Å². The molecule has 0 atom stereocenters. The number of aromatic nitrogens is 2. The third-order valence-corrected chi connectivity index (χ3v) is 2.39. The summed E-state index contributed by atoms with van der Waals surface area (Å²) in [5, 5.41) is 4.35. The SMILES string of the molecule is C=C(C)c1ccc(-c2ccn(C)n2)cc1. The van der Waals surface area contributed by atoms with E-state index in [-0.39, 0.29) is 0 Å². The molecule has 1 heterocycles. The monoisotopic (exact) mass is 198 g/mol. The van der Waals surface area contributed by atoms with E-state index >= 15 is 0 Å². The molecule has 0 radical (unpaired) electrons. The molecule has 15 heavy (non-hydrogen) atoms. The minimum Gasteiger partial charge on any atom is -0.275 e. The summed E-state index contributed by atoms with van der Waals surface area (Å²) in [7, 11) is 1.92. The van der Waals surface area contributed by atoms with E-state index in [1.807, 2.05) is 30.9 Å². The fourth-order valence-corrected chi connectivity index (χ4v) is 1.49. The molecule has 0 aliphatic heterocycles. The highest BCUT2D eigenvalue weighted by atomic mass is 15.2. The van der Waals surface area contributed by atoms with Gasteiger partial charge in [0.25, 0.3) is 0 Å². The van der Waals surface area contributed by atoms with Gasteiger partial charge in [-0.2, -0.15) is 5.10 Å². The first-order valence-electron chi connectivity index (χ1n) is 4.93. The van der Waals surface area contributed by atoms with Crippen LogP contribution in [0.2, 0.25) is 0 Å². The summed E-state index contributed by atoms with van der Waals surface area (Å²) in [5.41, 5.74) is 4.41. The second-order valence-corrected chi connectivity index (χ2v) is 3.73. The average Bonchev–Trinajstić information content (AvgIpc) is 2.65. The third-order valence-electron chi connectivity index (χ3n) is 2.39. The van der Waals surface area contributed by atoms with Gasteiger partial charge in [0.1, 0.15) is 0 Å². The molecule has 2 heteroatoms. The lowest BCUT2D eigenvalue weighted by Gasteiger charge is -2.01. The van der Waals surface area contributed by atoms with Crippen LogP contribution in [-0.2, 0) is 7.05 Å². The smallest absolute Gasteiger partial charge is 0.0923 e. The zero-order valence-corrected chi connectivity index (χ0v) is 9.07. The molecule has 0 bridgehead atoms. The normalized spacial score (nSPS) is 10.3. The molecule has 0 aliphatic carbocycles. The first-order valence-corrected chi connectivity index (χ1v) is 4.93. The minimum atomic E-state index is 1.01. The van der Waals surface area contributed by atoms with Crippen molar-refractivity contribution in [3.63, 3.8) is 0 Å². The lowest BCUT2D eigenvalue weighted by molar-refractivity contribution is 0.771. The quantitative estimate of drug-likeness (QED) is 0.725. The standard InChI is InChI=1S/C13H14N2/c1-10(2)11-4-6-12(7-5-11)13-8-9-15(3)14-13/h4-9H,1H2,2-3H3. The molecule has 2 rings (SSSR count). The number of hydrogen-bond acceptors (Lipinski definition) is 1. The van der Waals surface area contributed by atoms with E-state index in [1.54, 1.807) is 0 Å². The van der Waals surface area contributed by atoms with Crippen LogP contribution in [0.5, 0.6) is 0 Å². The predicted molar refractivity (Wildman–Crippen MR) is 63.4 cm³/mol. The Hall–Kier alpha value is -1.83. The molecule has 1 aromatic heterocycles. The molecule has 0 unspecified atom stereocenters. The molecule has 0 fully saturated rings. The van der Waals surface area contributed by atoms with Crippen molar-refractivity contribution in [2.24, 2.45) is 7.05 Å². The molecule has 0 amide bonds. The van der Waals surface area contributed by atoms with Crippen molar-refractivity contribution in [3.8, 4) is 11.3 Å². The van der Waals surface area contributed by atoms with Crippen molar-refractivity contribution in [2.75, 3.05) is 0 Å². The second-order valence-electron chi connectivity index (χ2n) is 3.73. The number of aryl methyl sites for hydroxylation is 1. The maximum atomic E-state index is 4.35. The van der Waals surface area contributed by atoms with Gasteiger partial charge < -0.3 is 0 Å². The van der Waals surface area contributed by atoms with E-state index in [0.29, 0.717) is 0 Å². The molecule has 0 spiro atoms. The van der Waals surface area contributed by atoms with Crippen molar-refractivity contribution in [1.29, 1.82) is 0 Å². The summed E-state index contributed by atoms with van der Waals surface area (Å²) < 4.78 is 1.81. The fraction of sp³-hybridized carbons (Fsp3) is 0.154. The predicted octanol–water partition coefficient (Wildman–Crippen LogP) is 3.12. The van der Waals surface area contributed by atoms with Crippen molar-refractivity contribution in [1.82, 2.24) is 9.78 Å². The van der Waals surface area contributed by atoms with E-state index in [1.165, 1.54) is 5.56 Å². The Morgan fingerprint density at radius 3 is 2.33 bits per heavy atom.